The van der Waals surface area contributed by atoms with Crippen molar-refractivity contribution in [1.82, 2.24) is 0 Å². The van der Waals surface area contributed by atoms with Crippen molar-refractivity contribution in [2.45, 2.75) is 43.1 Å². The van der Waals surface area contributed by atoms with E-state index in [2.05, 4.69) is 5.16 Å². The maximum Gasteiger partial charge on any atom is 0.170 e. The SMILES string of the molecule is COc1ccc(/C(N)=N/O)cc1CSC1CCCCC1. The third-order valence-electron chi connectivity index (χ3n) is 3.71. The van der Waals surface area contributed by atoms with Gasteiger partial charge >= 0.3 is 0 Å². The molecule has 0 saturated heterocycles. The molecule has 2 rings (SSSR count). The number of amidine groups is 1. The Bertz CT molecular complexity index is 471. The summed E-state index contributed by atoms with van der Waals surface area (Å²) in [5.41, 5.74) is 7.48. The molecule has 4 nitrogen and oxygen atoms in total. The lowest BCUT2D eigenvalue weighted by Gasteiger charge is -2.21. The monoisotopic (exact) mass is 294 g/mol. The molecule has 0 amide bonds. The van der Waals surface area contributed by atoms with Crippen molar-refractivity contribution < 1.29 is 9.94 Å². The lowest BCUT2D eigenvalue weighted by molar-refractivity contribution is 0.318. The van der Waals surface area contributed by atoms with E-state index in [1.54, 1.807) is 7.11 Å². The van der Waals surface area contributed by atoms with Gasteiger partial charge in [0.25, 0.3) is 0 Å². The normalized spacial score (nSPS) is 17.1. The summed E-state index contributed by atoms with van der Waals surface area (Å²) in [5.74, 6) is 1.90. The van der Waals surface area contributed by atoms with E-state index in [4.69, 9.17) is 15.7 Å². The smallest absolute Gasteiger partial charge is 0.170 e. The molecule has 1 aliphatic carbocycles. The molecule has 110 valence electrons. The Balaban J connectivity index is 2.07. The highest BCUT2D eigenvalue weighted by Gasteiger charge is 2.15. The van der Waals surface area contributed by atoms with Crippen molar-refractivity contribution in [2.24, 2.45) is 10.9 Å². The van der Waals surface area contributed by atoms with Crippen LogP contribution in [0.5, 0.6) is 5.75 Å². The van der Waals surface area contributed by atoms with Crippen LogP contribution in [0.15, 0.2) is 23.4 Å². The van der Waals surface area contributed by atoms with Gasteiger partial charge in [-0.25, -0.2) is 0 Å². The number of methoxy groups -OCH3 is 1. The Morgan fingerprint density at radius 3 is 2.80 bits per heavy atom. The zero-order chi connectivity index (χ0) is 14.4. The van der Waals surface area contributed by atoms with E-state index in [9.17, 15) is 0 Å². The zero-order valence-electron chi connectivity index (χ0n) is 11.8. The van der Waals surface area contributed by atoms with Crippen molar-refractivity contribution >= 4 is 17.6 Å². The fourth-order valence-electron chi connectivity index (χ4n) is 2.55. The summed E-state index contributed by atoms with van der Waals surface area (Å²) < 4.78 is 5.40. The molecule has 0 heterocycles. The predicted octanol–water partition coefficient (Wildman–Crippen LogP) is 3.36. The van der Waals surface area contributed by atoms with Gasteiger partial charge in [-0.05, 0) is 31.0 Å². The highest BCUT2D eigenvalue weighted by Crippen LogP contribution is 2.33. The van der Waals surface area contributed by atoms with Gasteiger partial charge in [0.1, 0.15) is 5.75 Å². The number of ether oxygens (including phenoxy) is 1. The summed E-state index contributed by atoms with van der Waals surface area (Å²) >= 11 is 1.98. The van der Waals surface area contributed by atoms with Gasteiger partial charge in [-0.15, -0.1) is 0 Å². The van der Waals surface area contributed by atoms with Crippen LogP contribution in [0.3, 0.4) is 0 Å². The average Bonchev–Trinajstić information content (AvgIpc) is 2.52. The Morgan fingerprint density at radius 2 is 2.15 bits per heavy atom. The Hall–Kier alpha value is -1.36. The third-order valence-corrected chi connectivity index (χ3v) is 5.13. The maximum atomic E-state index is 8.77. The number of hydrogen-bond acceptors (Lipinski definition) is 4. The first-order chi connectivity index (χ1) is 9.74. The molecule has 0 unspecified atom stereocenters. The molecule has 0 bridgehead atoms. The number of benzene rings is 1. The van der Waals surface area contributed by atoms with Crippen molar-refractivity contribution in [3.8, 4) is 5.75 Å². The first kappa shape index (κ1) is 15.0. The van der Waals surface area contributed by atoms with Crippen molar-refractivity contribution in [2.75, 3.05) is 7.11 Å². The van der Waals surface area contributed by atoms with E-state index in [-0.39, 0.29) is 5.84 Å². The standard InChI is InChI=1S/C15H22N2O2S/c1-19-14-8-7-11(15(16)17-18)9-12(14)10-20-13-5-3-2-4-6-13/h7-9,13,18H,2-6,10H2,1H3,(H2,16,17). The van der Waals surface area contributed by atoms with E-state index in [1.807, 2.05) is 30.0 Å². The Morgan fingerprint density at radius 1 is 1.40 bits per heavy atom. The van der Waals surface area contributed by atoms with Gasteiger partial charge in [-0.2, -0.15) is 11.8 Å². The first-order valence-corrected chi connectivity index (χ1v) is 8.06. The number of rotatable bonds is 5. The molecule has 20 heavy (non-hydrogen) atoms. The van der Waals surface area contributed by atoms with Crippen LogP contribution in [0.4, 0.5) is 0 Å². The number of hydrogen-bond donors (Lipinski definition) is 2. The second-order valence-corrected chi connectivity index (χ2v) is 6.37. The van der Waals surface area contributed by atoms with Crippen molar-refractivity contribution in [3.63, 3.8) is 0 Å². The van der Waals surface area contributed by atoms with E-state index >= 15 is 0 Å². The van der Waals surface area contributed by atoms with Gasteiger partial charge < -0.3 is 15.7 Å². The minimum atomic E-state index is 0.136. The molecule has 5 heteroatoms. The fourth-order valence-corrected chi connectivity index (χ4v) is 3.86. The predicted molar refractivity (Wildman–Crippen MR) is 83.7 cm³/mol. The number of thioether (sulfide) groups is 1. The van der Waals surface area contributed by atoms with Gasteiger partial charge in [0.2, 0.25) is 0 Å². The third kappa shape index (κ3) is 3.82. The van der Waals surface area contributed by atoms with Gasteiger partial charge in [0.05, 0.1) is 7.11 Å². The summed E-state index contributed by atoms with van der Waals surface area (Å²) in [6, 6.07) is 5.64. The molecular formula is C15H22N2O2S. The van der Waals surface area contributed by atoms with Crippen LogP contribution in [-0.2, 0) is 5.75 Å². The van der Waals surface area contributed by atoms with E-state index in [1.165, 1.54) is 32.1 Å². The minimum absolute atomic E-state index is 0.136. The number of nitrogens with zero attached hydrogens (tertiary/aromatic N) is 1. The summed E-state index contributed by atoms with van der Waals surface area (Å²) in [6.07, 6.45) is 6.69. The largest absolute Gasteiger partial charge is 0.496 e. The molecular weight excluding hydrogens is 272 g/mol. The topological polar surface area (TPSA) is 67.8 Å². The van der Waals surface area contributed by atoms with E-state index in [0.29, 0.717) is 0 Å². The van der Waals surface area contributed by atoms with Crippen molar-refractivity contribution in [1.29, 1.82) is 0 Å². The molecule has 0 radical (unpaired) electrons. The number of nitrogens with two attached hydrogens (primary N) is 1. The lowest BCUT2D eigenvalue weighted by Crippen LogP contribution is -2.13. The van der Waals surface area contributed by atoms with Crippen LogP contribution in [0.1, 0.15) is 43.2 Å². The maximum absolute atomic E-state index is 8.77. The first-order valence-electron chi connectivity index (χ1n) is 7.01. The van der Waals surface area contributed by atoms with Gasteiger partial charge in [-0.1, -0.05) is 24.4 Å². The summed E-state index contributed by atoms with van der Waals surface area (Å²) in [7, 11) is 1.67. The fraction of sp³-hybridized carbons (Fsp3) is 0.533. The van der Waals surface area contributed by atoms with Gasteiger partial charge in [0, 0.05) is 22.1 Å². The molecule has 0 aliphatic heterocycles. The molecule has 0 spiro atoms. The van der Waals surface area contributed by atoms with E-state index in [0.717, 1.165) is 27.9 Å². The molecule has 1 aromatic rings. The van der Waals surface area contributed by atoms with Gasteiger partial charge in [0.15, 0.2) is 5.84 Å². The lowest BCUT2D eigenvalue weighted by atomic mass is 10.0. The quantitative estimate of drug-likeness (QED) is 0.378. The second-order valence-electron chi connectivity index (χ2n) is 5.08. The van der Waals surface area contributed by atoms with Crippen LogP contribution in [0.25, 0.3) is 0 Å². The van der Waals surface area contributed by atoms with Crippen LogP contribution in [0.2, 0.25) is 0 Å². The zero-order valence-corrected chi connectivity index (χ0v) is 12.7. The van der Waals surface area contributed by atoms with Crippen LogP contribution in [0, 0.1) is 0 Å². The minimum Gasteiger partial charge on any atom is -0.496 e. The molecule has 1 saturated carbocycles. The Labute approximate surface area is 124 Å². The molecule has 0 aromatic heterocycles. The molecule has 1 aromatic carbocycles. The summed E-state index contributed by atoms with van der Waals surface area (Å²) in [4.78, 5) is 0. The highest BCUT2D eigenvalue weighted by molar-refractivity contribution is 7.99. The van der Waals surface area contributed by atoms with Crippen LogP contribution < -0.4 is 10.5 Å². The molecule has 1 fully saturated rings. The summed E-state index contributed by atoms with van der Waals surface area (Å²) in [5, 5.41) is 12.6. The van der Waals surface area contributed by atoms with Crippen LogP contribution in [-0.4, -0.2) is 23.4 Å². The van der Waals surface area contributed by atoms with Crippen LogP contribution >= 0.6 is 11.8 Å². The molecule has 1 aliphatic rings. The van der Waals surface area contributed by atoms with Gasteiger partial charge in [-0.3, -0.25) is 0 Å². The summed E-state index contributed by atoms with van der Waals surface area (Å²) in [6.45, 7) is 0. The van der Waals surface area contributed by atoms with E-state index < -0.39 is 0 Å². The Kier molecular flexibility index (Phi) is 5.59. The highest BCUT2D eigenvalue weighted by atomic mass is 32.2. The van der Waals surface area contributed by atoms with Crippen molar-refractivity contribution in [3.05, 3.63) is 29.3 Å². The number of oxime groups is 1. The average molecular weight is 294 g/mol. The molecule has 3 N–H and O–H groups in total. The molecule has 0 atom stereocenters. The second kappa shape index (κ2) is 7.43.